The Hall–Kier alpha value is -3.22. The summed E-state index contributed by atoms with van der Waals surface area (Å²) in [5.74, 6) is -2.96. The maximum Gasteiger partial charge on any atom is 0.269 e. The van der Waals surface area contributed by atoms with Gasteiger partial charge in [-0.1, -0.05) is 37.3 Å². The summed E-state index contributed by atoms with van der Waals surface area (Å²) in [6.07, 6.45) is -0.422. The van der Waals surface area contributed by atoms with Crippen LogP contribution in [0.1, 0.15) is 24.8 Å². The highest BCUT2D eigenvalue weighted by atomic mass is 16.6. The van der Waals surface area contributed by atoms with Crippen LogP contribution in [-0.4, -0.2) is 16.8 Å². The van der Waals surface area contributed by atoms with Crippen LogP contribution in [0.25, 0.3) is 0 Å². The average molecular weight is 341 g/mol. The van der Waals surface area contributed by atoms with Crippen molar-refractivity contribution in [3.05, 3.63) is 70.3 Å². The number of hydrogen-bond donors (Lipinski definition) is 1. The van der Waals surface area contributed by atoms with Crippen molar-refractivity contribution in [2.45, 2.75) is 19.3 Å². The maximum atomic E-state index is 12.5. The van der Waals surface area contributed by atoms with Crippen LogP contribution in [0.4, 0.5) is 11.4 Å². The van der Waals surface area contributed by atoms with E-state index in [4.69, 9.17) is 0 Å². The molecule has 2 aromatic rings. The number of carboxylic acid groups (broad SMARTS) is 1. The minimum Gasteiger partial charge on any atom is -0.550 e. The first kappa shape index (κ1) is 18.1. The van der Waals surface area contributed by atoms with Crippen LogP contribution in [0.2, 0.25) is 0 Å². The number of rotatable bonds is 7. The van der Waals surface area contributed by atoms with E-state index in [0.29, 0.717) is 5.69 Å². The van der Waals surface area contributed by atoms with Gasteiger partial charge in [0.2, 0.25) is 5.91 Å². The normalized spacial score (nSPS) is 12.8. The first-order valence-corrected chi connectivity index (χ1v) is 7.68. The van der Waals surface area contributed by atoms with Crippen LogP contribution in [0.15, 0.2) is 54.6 Å². The topological polar surface area (TPSA) is 112 Å². The summed E-state index contributed by atoms with van der Waals surface area (Å²) in [5.41, 5.74) is 1.11. The van der Waals surface area contributed by atoms with Gasteiger partial charge in [-0.3, -0.25) is 14.9 Å². The molecule has 0 saturated heterocycles. The molecule has 0 heterocycles. The van der Waals surface area contributed by atoms with Gasteiger partial charge < -0.3 is 15.2 Å². The van der Waals surface area contributed by atoms with E-state index < -0.39 is 29.1 Å². The van der Waals surface area contributed by atoms with Gasteiger partial charge in [-0.25, -0.2) is 0 Å². The molecule has 25 heavy (non-hydrogen) atoms. The number of aliphatic carboxylic acids is 1. The van der Waals surface area contributed by atoms with Crippen molar-refractivity contribution in [1.29, 1.82) is 0 Å². The van der Waals surface area contributed by atoms with Crippen LogP contribution >= 0.6 is 0 Å². The molecule has 0 aliphatic heterocycles. The van der Waals surface area contributed by atoms with E-state index in [1.165, 1.54) is 24.3 Å². The van der Waals surface area contributed by atoms with Crippen LogP contribution in [0, 0.1) is 16.0 Å². The van der Waals surface area contributed by atoms with Crippen LogP contribution in [-0.2, 0) is 9.59 Å². The van der Waals surface area contributed by atoms with Gasteiger partial charge in [-0.2, -0.15) is 0 Å². The van der Waals surface area contributed by atoms with Gasteiger partial charge in [-0.05, 0) is 30.0 Å². The first-order valence-electron chi connectivity index (χ1n) is 7.68. The number of benzene rings is 2. The Morgan fingerprint density at radius 1 is 1.08 bits per heavy atom. The highest BCUT2D eigenvalue weighted by Crippen LogP contribution is 2.28. The number of nitrogens with one attached hydrogen (secondary N) is 1. The van der Waals surface area contributed by atoms with Crippen LogP contribution in [0.5, 0.6) is 0 Å². The van der Waals surface area contributed by atoms with Crippen LogP contribution in [0.3, 0.4) is 0 Å². The number of hydrogen-bond acceptors (Lipinski definition) is 5. The molecule has 0 aliphatic rings. The lowest BCUT2D eigenvalue weighted by atomic mass is 9.84. The lowest BCUT2D eigenvalue weighted by Crippen LogP contribution is -2.34. The fourth-order valence-electron chi connectivity index (χ4n) is 2.57. The fourth-order valence-corrected chi connectivity index (χ4v) is 2.57. The molecule has 2 atom stereocenters. The van der Waals surface area contributed by atoms with Crippen molar-refractivity contribution in [3.63, 3.8) is 0 Å². The van der Waals surface area contributed by atoms with Gasteiger partial charge >= 0.3 is 0 Å². The Morgan fingerprint density at radius 2 is 1.68 bits per heavy atom. The van der Waals surface area contributed by atoms with E-state index in [1.807, 2.05) is 30.3 Å². The van der Waals surface area contributed by atoms with E-state index in [1.54, 1.807) is 6.92 Å². The summed E-state index contributed by atoms with van der Waals surface area (Å²) in [6, 6.07) is 14.5. The van der Waals surface area contributed by atoms with Gasteiger partial charge in [0.05, 0.1) is 10.8 Å². The number of non-ortho nitro benzene ring substituents is 1. The van der Waals surface area contributed by atoms with Gasteiger partial charge in [0.15, 0.2) is 0 Å². The quantitative estimate of drug-likeness (QED) is 0.612. The number of nitrogens with zero attached hydrogens (tertiary/aromatic N) is 1. The molecular weight excluding hydrogens is 324 g/mol. The molecule has 0 bridgehead atoms. The Labute approximate surface area is 144 Å². The van der Waals surface area contributed by atoms with Gasteiger partial charge in [0, 0.05) is 23.8 Å². The SMILES string of the molecule is C[C@@H](c1ccccc1)[C@@H](CC(=O)[O-])C(=O)Nc1ccc([N+](=O)[O-])cc1. The van der Waals surface area contributed by atoms with Gasteiger partial charge in [-0.15, -0.1) is 0 Å². The second-order valence-electron chi connectivity index (χ2n) is 5.68. The van der Waals surface area contributed by atoms with Crippen molar-refractivity contribution in [1.82, 2.24) is 0 Å². The molecule has 1 amide bonds. The predicted octanol–water partition coefficient (Wildman–Crippen LogP) is 2.09. The van der Waals surface area contributed by atoms with E-state index >= 15 is 0 Å². The third kappa shape index (κ3) is 4.87. The molecule has 1 N–H and O–H groups in total. The third-order valence-electron chi connectivity index (χ3n) is 4.00. The van der Waals surface area contributed by atoms with Crippen molar-refractivity contribution in [2.24, 2.45) is 5.92 Å². The Morgan fingerprint density at radius 3 is 2.20 bits per heavy atom. The summed E-state index contributed by atoms with van der Waals surface area (Å²) in [6.45, 7) is 1.78. The fraction of sp³-hybridized carbons (Fsp3) is 0.222. The monoisotopic (exact) mass is 341 g/mol. The number of carboxylic acids is 1. The molecule has 130 valence electrons. The van der Waals surface area contributed by atoms with Gasteiger partial charge in [0.1, 0.15) is 0 Å². The number of anilines is 1. The zero-order valence-corrected chi connectivity index (χ0v) is 13.5. The highest BCUT2D eigenvalue weighted by molar-refractivity contribution is 5.95. The lowest BCUT2D eigenvalue weighted by molar-refractivity contribution is -0.384. The molecule has 7 heteroatoms. The first-order chi connectivity index (χ1) is 11.9. The Balaban J connectivity index is 2.17. The zero-order chi connectivity index (χ0) is 18.4. The number of nitro benzene ring substituents is 1. The molecule has 7 nitrogen and oxygen atoms in total. The molecule has 0 radical (unpaired) electrons. The van der Waals surface area contributed by atoms with Crippen molar-refractivity contribution < 1.29 is 19.6 Å². The second-order valence-corrected chi connectivity index (χ2v) is 5.68. The Kier molecular flexibility index (Phi) is 5.84. The van der Waals surface area contributed by atoms with E-state index in [-0.39, 0.29) is 11.6 Å². The minimum absolute atomic E-state index is 0.0954. The number of nitro groups is 1. The van der Waals surface area contributed by atoms with Gasteiger partial charge in [0.25, 0.3) is 5.69 Å². The molecule has 0 aromatic heterocycles. The molecule has 0 aliphatic carbocycles. The summed E-state index contributed by atoms with van der Waals surface area (Å²) in [7, 11) is 0. The predicted molar refractivity (Wildman–Crippen MR) is 89.7 cm³/mol. The number of carbonyl (C=O) groups is 2. The zero-order valence-electron chi connectivity index (χ0n) is 13.5. The molecule has 0 saturated carbocycles. The van der Waals surface area contributed by atoms with Crippen LogP contribution < -0.4 is 10.4 Å². The molecular formula is C18H17N2O5-. The average Bonchev–Trinajstić information content (AvgIpc) is 2.60. The standard InChI is InChI=1S/C18H18N2O5/c1-12(13-5-3-2-4-6-13)16(11-17(21)22)18(23)19-14-7-9-15(10-8-14)20(24)25/h2-10,12,16H,11H2,1H3,(H,19,23)(H,21,22)/p-1/t12-,16+/m0/s1. The second kappa shape index (κ2) is 8.05. The van der Waals surface area contributed by atoms with Crippen molar-refractivity contribution in [3.8, 4) is 0 Å². The van der Waals surface area contributed by atoms with Crippen molar-refractivity contribution >= 4 is 23.3 Å². The molecule has 0 fully saturated rings. The van der Waals surface area contributed by atoms with Crippen molar-refractivity contribution in [2.75, 3.05) is 5.32 Å². The highest BCUT2D eigenvalue weighted by Gasteiger charge is 2.26. The summed E-state index contributed by atoms with van der Waals surface area (Å²) in [4.78, 5) is 33.7. The van der Waals surface area contributed by atoms with E-state index in [2.05, 4.69) is 5.32 Å². The number of amides is 1. The van der Waals surface area contributed by atoms with E-state index in [9.17, 15) is 24.8 Å². The van der Waals surface area contributed by atoms with E-state index in [0.717, 1.165) is 5.56 Å². The molecule has 2 aromatic carbocycles. The summed E-state index contributed by atoms with van der Waals surface area (Å²) >= 11 is 0. The lowest BCUT2D eigenvalue weighted by Gasteiger charge is -2.24. The molecule has 0 unspecified atom stereocenters. The smallest absolute Gasteiger partial charge is 0.269 e. The summed E-state index contributed by atoms with van der Waals surface area (Å²) in [5, 5.41) is 24.3. The Bertz CT molecular complexity index is 759. The molecule has 2 rings (SSSR count). The largest absolute Gasteiger partial charge is 0.550 e. The minimum atomic E-state index is -1.31. The molecule has 0 spiro atoms. The maximum absolute atomic E-state index is 12.5. The third-order valence-corrected chi connectivity index (χ3v) is 4.00. The number of carbonyl (C=O) groups excluding carboxylic acids is 2. The summed E-state index contributed by atoms with van der Waals surface area (Å²) < 4.78 is 0.